The third-order valence-corrected chi connectivity index (χ3v) is 3.87. The van der Waals surface area contributed by atoms with E-state index in [1.165, 1.54) is 12.0 Å². The molecule has 0 spiro atoms. The summed E-state index contributed by atoms with van der Waals surface area (Å²) < 4.78 is 10.3. The Hall–Kier alpha value is -2.52. The predicted molar refractivity (Wildman–Crippen MR) is 98.5 cm³/mol. The molecular formula is C20H26N2O4. The van der Waals surface area contributed by atoms with Crippen LogP contribution in [0, 0.1) is 11.8 Å². The zero-order chi connectivity index (χ0) is 19.2. The maximum Gasteiger partial charge on any atom is 0.411 e. The van der Waals surface area contributed by atoms with Gasteiger partial charge in [0.2, 0.25) is 0 Å². The van der Waals surface area contributed by atoms with E-state index < -0.39 is 23.7 Å². The van der Waals surface area contributed by atoms with Gasteiger partial charge in [-0.05, 0) is 32.9 Å². The van der Waals surface area contributed by atoms with Crippen molar-refractivity contribution < 1.29 is 19.1 Å². The van der Waals surface area contributed by atoms with Crippen molar-refractivity contribution in [3.8, 4) is 11.8 Å². The number of piperazine rings is 1. The standard InChI is InChI=1S/C20H26N2O4/c1-20(2,3)26-19(24)22-14-13-21(15-17(22)18(23)25-4)12-8-11-16-9-6-5-7-10-16/h5-7,9-10,17H,12-15H2,1-4H3. The fourth-order valence-electron chi connectivity index (χ4n) is 2.63. The molecule has 0 bridgehead atoms. The van der Waals surface area contributed by atoms with Gasteiger partial charge in [-0.2, -0.15) is 0 Å². The molecule has 1 aliphatic rings. The monoisotopic (exact) mass is 358 g/mol. The van der Waals surface area contributed by atoms with Gasteiger partial charge < -0.3 is 9.47 Å². The van der Waals surface area contributed by atoms with E-state index in [0.29, 0.717) is 26.2 Å². The highest BCUT2D eigenvalue weighted by Gasteiger charge is 2.38. The summed E-state index contributed by atoms with van der Waals surface area (Å²) in [6.07, 6.45) is -0.497. The van der Waals surface area contributed by atoms with Crippen LogP contribution >= 0.6 is 0 Å². The highest BCUT2D eigenvalue weighted by molar-refractivity contribution is 5.82. The second-order valence-corrected chi connectivity index (χ2v) is 7.12. The van der Waals surface area contributed by atoms with Gasteiger partial charge in [0.25, 0.3) is 0 Å². The Morgan fingerprint density at radius 2 is 1.88 bits per heavy atom. The van der Waals surface area contributed by atoms with Gasteiger partial charge in [-0.25, -0.2) is 9.59 Å². The Bertz CT molecular complexity index is 685. The minimum atomic E-state index is -0.692. The van der Waals surface area contributed by atoms with Crippen LogP contribution in [0.2, 0.25) is 0 Å². The number of amides is 1. The molecule has 1 aromatic rings. The fourth-order valence-corrected chi connectivity index (χ4v) is 2.63. The average Bonchev–Trinajstić information content (AvgIpc) is 2.60. The number of carbonyl (C=O) groups excluding carboxylic acids is 2. The Labute approximate surface area is 155 Å². The molecule has 0 saturated carbocycles. The molecule has 6 heteroatoms. The maximum absolute atomic E-state index is 12.4. The van der Waals surface area contributed by atoms with Crippen molar-refractivity contribution in [2.45, 2.75) is 32.4 Å². The van der Waals surface area contributed by atoms with Crippen molar-refractivity contribution >= 4 is 12.1 Å². The van der Waals surface area contributed by atoms with Crippen molar-refractivity contribution in [3.63, 3.8) is 0 Å². The fraction of sp³-hybridized carbons (Fsp3) is 0.500. The number of ether oxygens (including phenoxy) is 2. The van der Waals surface area contributed by atoms with Crippen LogP contribution in [0.5, 0.6) is 0 Å². The summed E-state index contributed by atoms with van der Waals surface area (Å²) >= 11 is 0. The van der Waals surface area contributed by atoms with Gasteiger partial charge in [0.05, 0.1) is 13.7 Å². The van der Waals surface area contributed by atoms with Crippen LogP contribution < -0.4 is 0 Å². The topological polar surface area (TPSA) is 59.1 Å². The largest absolute Gasteiger partial charge is 0.467 e. The lowest BCUT2D eigenvalue weighted by Gasteiger charge is -2.39. The average molecular weight is 358 g/mol. The third-order valence-electron chi connectivity index (χ3n) is 3.87. The lowest BCUT2D eigenvalue weighted by molar-refractivity contribution is -0.149. The first-order valence-corrected chi connectivity index (χ1v) is 8.64. The number of methoxy groups -OCH3 is 1. The summed E-state index contributed by atoms with van der Waals surface area (Å²) in [5, 5.41) is 0. The number of hydrogen-bond donors (Lipinski definition) is 0. The number of nitrogens with zero attached hydrogens (tertiary/aromatic N) is 2. The summed E-state index contributed by atoms with van der Waals surface area (Å²) in [5.41, 5.74) is 0.333. The van der Waals surface area contributed by atoms with E-state index in [0.717, 1.165) is 5.56 Å². The number of benzene rings is 1. The number of hydrogen-bond acceptors (Lipinski definition) is 5. The summed E-state index contributed by atoms with van der Waals surface area (Å²) in [5.74, 6) is 5.77. The molecule has 1 amide bonds. The van der Waals surface area contributed by atoms with E-state index >= 15 is 0 Å². The molecule has 1 aliphatic heterocycles. The molecule has 0 aromatic heterocycles. The first-order chi connectivity index (χ1) is 12.3. The lowest BCUT2D eigenvalue weighted by Crippen LogP contribution is -2.59. The van der Waals surface area contributed by atoms with E-state index in [4.69, 9.17) is 9.47 Å². The third kappa shape index (κ3) is 5.78. The first kappa shape index (κ1) is 19.8. The van der Waals surface area contributed by atoms with Crippen molar-refractivity contribution in [2.24, 2.45) is 0 Å². The maximum atomic E-state index is 12.4. The Balaban J connectivity index is 2.02. The SMILES string of the molecule is COC(=O)C1CN(CC#Cc2ccccc2)CCN1C(=O)OC(C)(C)C. The van der Waals surface area contributed by atoms with Crippen LogP contribution in [0.15, 0.2) is 30.3 Å². The van der Waals surface area contributed by atoms with Crippen LogP contribution in [0.4, 0.5) is 4.79 Å². The molecule has 1 fully saturated rings. The molecule has 1 atom stereocenters. The summed E-state index contributed by atoms with van der Waals surface area (Å²) in [6, 6.07) is 9.03. The van der Waals surface area contributed by atoms with Gasteiger partial charge >= 0.3 is 12.1 Å². The molecule has 140 valence electrons. The van der Waals surface area contributed by atoms with E-state index in [1.54, 1.807) is 20.8 Å². The van der Waals surface area contributed by atoms with E-state index in [2.05, 4.69) is 11.8 Å². The van der Waals surface area contributed by atoms with Crippen LogP contribution in [0.3, 0.4) is 0 Å². The smallest absolute Gasteiger partial charge is 0.411 e. The molecule has 1 heterocycles. The van der Waals surface area contributed by atoms with E-state index in [9.17, 15) is 9.59 Å². The normalized spacial score (nSPS) is 17.8. The molecule has 2 rings (SSSR count). The van der Waals surface area contributed by atoms with Gasteiger partial charge in [-0.1, -0.05) is 30.0 Å². The summed E-state index contributed by atoms with van der Waals surface area (Å²) in [7, 11) is 1.32. The molecule has 26 heavy (non-hydrogen) atoms. The first-order valence-electron chi connectivity index (χ1n) is 8.64. The molecule has 1 unspecified atom stereocenters. The minimum Gasteiger partial charge on any atom is -0.467 e. The number of carbonyl (C=O) groups is 2. The van der Waals surface area contributed by atoms with Gasteiger partial charge in [0.15, 0.2) is 0 Å². The van der Waals surface area contributed by atoms with Crippen molar-refractivity contribution in [1.29, 1.82) is 0 Å². The van der Waals surface area contributed by atoms with E-state index in [-0.39, 0.29) is 0 Å². The summed E-state index contributed by atoms with van der Waals surface area (Å²) in [4.78, 5) is 28.0. The Kier molecular flexibility index (Phi) is 6.64. The van der Waals surface area contributed by atoms with Crippen molar-refractivity contribution in [2.75, 3.05) is 33.3 Å². The molecule has 0 aliphatic carbocycles. The minimum absolute atomic E-state index is 0.370. The quantitative estimate of drug-likeness (QED) is 0.599. The Morgan fingerprint density at radius 1 is 1.19 bits per heavy atom. The van der Waals surface area contributed by atoms with Gasteiger partial charge in [-0.3, -0.25) is 9.80 Å². The van der Waals surface area contributed by atoms with Crippen molar-refractivity contribution in [1.82, 2.24) is 9.80 Å². The van der Waals surface area contributed by atoms with E-state index in [1.807, 2.05) is 35.2 Å². The van der Waals surface area contributed by atoms with Gasteiger partial charge in [-0.15, -0.1) is 0 Å². The molecular weight excluding hydrogens is 332 g/mol. The summed E-state index contributed by atoms with van der Waals surface area (Å²) in [6.45, 7) is 7.30. The molecule has 1 aromatic carbocycles. The van der Waals surface area contributed by atoms with Crippen LogP contribution in [0.1, 0.15) is 26.3 Å². The lowest BCUT2D eigenvalue weighted by atomic mass is 10.1. The van der Waals surface area contributed by atoms with Crippen molar-refractivity contribution in [3.05, 3.63) is 35.9 Å². The van der Waals surface area contributed by atoms with Crippen LogP contribution in [-0.2, 0) is 14.3 Å². The molecule has 1 saturated heterocycles. The second kappa shape index (κ2) is 8.72. The second-order valence-electron chi connectivity index (χ2n) is 7.12. The van der Waals surface area contributed by atoms with Gasteiger partial charge in [0.1, 0.15) is 11.6 Å². The zero-order valence-corrected chi connectivity index (χ0v) is 15.8. The molecule has 0 N–H and O–H groups in total. The number of esters is 1. The highest BCUT2D eigenvalue weighted by Crippen LogP contribution is 2.16. The predicted octanol–water partition coefficient (Wildman–Crippen LogP) is 2.13. The highest BCUT2D eigenvalue weighted by atomic mass is 16.6. The number of rotatable bonds is 2. The Morgan fingerprint density at radius 3 is 2.50 bits per heavy atom. The zero-order valence-electron chi connectivity index (χ0n) is 15.8. The van der Waals surface area contributed by atoms with Crippen LogP contribution in [0.25, 0.3) is 0 Å². The van der Waals surface area contributed by atoms with Gasteiger partial charge in [0, 0.05) is 25.2 Å². The molecule has 0 radical (unpaired) electrons. The van der Waals surface area contributed by atoms with Crippen LogP contribution in [-0.4, -0.2) is 66.8 Å². The molecule has 6 nitrogen and oxygen atoms in total.